The van der Waals surface area contributed by atoms with Gasteiger partial charge in [0.1, 0.15) is 4.90 Å². The maximum Gasteiger partial charge on any atom is 0.296 e. The van der Waals surface area contributed by atoms with E-state index in [2.05, 4.69) is 5.32 Å². The molecule has 0 radical (unpaired) electrons. The topological polar surface area (TPSA) is 109 Å². The summed E-state index contributed by atoms with van der Waals surface area (Å²) in [4.78, 5) is 10.9. The van der Waals surface area contributed by atoms with Crippen LogP contribution in [0.15, 0.2) is 29.2 Å². The molecular weight excluding hydrogens is 232 g/mol. The van der Waals surface area contributed by atoms with Crippen molar-refractivity contribution in [2.45, 2.75) is 17.9 Å². The Kier molecular flexibility index (Phi) is 3.63. The molecule has 1 aromatic carbocycles. The fourth-order valence-electron chi connectivity index (χ4n) is 1.04. The summed E-state index contributed by atoms with van der Waals surface area (Å²) in [7, 11) is -4.36. The normalized spacial score (nSPS) is 13.2. The van der Waals surface area contributed by atoms with Gasteiger partial charge in [-0.1, -0.05) is 12.1 Å². The average Bonchev–Trinajstić information content (AvgIpc) is 2.16. The lowest BCUT2D eigenvalue weighted by molar-refractivity contribution is -0.117. The lowest BCUT2D eigenvalue weighted by Gasteiger charge is -2.10. The molecule has 88 valence electrons. The second kappa shape index (κ2) is 4.60. The number of nitrogens with one attached hydrogen (secondary N) is 1. The van der Waals surface area contributed by atoms with E-state index in [1.807, 2.05) is 0 Å². The monoisotopic (exact) mass is 244 g/mol. The number of hydrogen-bond donors (Lipinski definition) is 3. The Bertz CT molecular complexity index is 496. The van der Waals surface area contributed by atoms with E-state index in [4.69, 9.17) is 10.3 Å². The first-order valence-corrected chi connectivity index (χ1v) is 5.89. The van der Waals surface area contributed by atoms with Crippen molar-refractivity contribution in [3.63, 3.8) is 0 Å². The van der Waals surface area contributed by atoms with Gasteiger partial charge in [-0.3, -0.25) is 9.35 Å². The Morgan fingerprint density at radius 3 is 2.50 bits per heavy atom. The molecule has 0 bridgehead atoms. The number of rotatable bonds is 3. The molecule has 0 aliphatic heterocycles. The number of carbonyl (C=O) groups is 1. The molecule has 4 N–H and O–H groups in total. The highest BCUT2D eigenvalue weighted by atomic mass is 32.2. The number of para-hydroxylation sites is 1. The van der Waals surface area contributed by atoms with Crippen LogP contribution in [0.4, 0.5) is 5.69 Å². The van der Waals surface area contributed by atoms with Gasteiger partial charge < -0.3 is 11.1 Å². The van der Waals surface area contributed by atoms with Gasteiger partial charge >= 0.3 is 0 Å². The third kappa shape index (κ3) is 3.02. The van der Waals surface area contributed by atoms with Crippen LogP contribution in [0.3, 0.4) is 0 Å². The van der Waals surface area contributed by atoms with E-state index in [0.717, 1.165) is 0 Å². The smallest absolute Gasteiger partial charge is 0.296 e. The van der Waals surface area contributed by atoms with Crippen LogP contribution in [0, 0.1) is 0 Å². The lowest BCUT2D eigenvalue weighted by atomic mass is 10.3. The van der Waals surface area contributed by atoms with Crippen molar-refractivity contribution < 1.29 is 17.8 Å². The zero-order chi connectivity index (χ0) is 12.3. The van der Waals surface area contributed by atoms with Crippen LogP contribution in [-0.4, -0.2) is 24.9 Å². The molecule has 1 amide bonds. The van der Waals surface area contributed by atoms with Crippen LogP contribution in [0.25, 0.3) is 0 Å². The van der Waals surface area contributed by atoms with Crippen LogP contribution in [0.1, 0.15) is 6.92 Å². The zero-order valence-electron chi connectivity index (χ0n) is 8.54. The first kappa shape index (κ1) is 12.6. The van der Waals surface area contributed by atoms with Crippen molar-refractivity contribution in [1.29, 1.82) is 0 Å². The van der Waals surface area contributed by atoms with E-state index in [-0.39, 0.29) is 10.6 Å². The molecule has 0 spiro atoms. The van der Waals surface area contributed by atoms with Gasteiger partial charge in [-0.15, -0.1) is 0 Å². The molecular formula is C9H12N2O4S. The van der Waals surface area contributed by atoms with Gasteiger partial charge in [0.2, 0.25) is 5.91 Å². The van der Waals surface area contributed by atoms with E-state index in [1.54, 1.807) is 0 Å². The predicted octanol–water partition coefficient (Wildman–Crippen LogP) is 0.219. The number of benzene rings is 1. The van der Waals surface area contributed by atoms with E-state index >= 15 is 0 Å². The number of nitrogens with two attached hydrogens (primary N) is 1. The summed E-state index contributed by atoms with van der Waals surface area (Å²) in [6, 6.07) is 4.75. The van der Waals surface area contributed by atoms with Gasteiger partial charge in [-0.05, 0) is 19.1 Å². The van der Waals surface area contributed by atoms with Crippen molar-refractivity contribution in [2.24, 2.45) is 5.73 Å². The fourth-order valence-corrected chi connectivity index (χ4v) is 1.69. The number of amides is 1. The fraction of sp³-hybridized carbons (Fsp3) is 0.222. The van der Waals surface area contributed by atoms with Gasteiger partial charge in [0.25, 0.3) is 10.1 Å². The molecule has 1 atom stereocenters. The summed E-state index contributed by atoms with van der Waals surface area (Å²) >= 11 is 0. The molecule has 0 fully saturated rings. The molecule has 6 nitrogen and oxygen atoms in total. The van der Waals surface area contributed by atoms with E-state index in [0.29, 0.717) is 0 Å². The molecule has 0 saturated carbocycles. The second-order valence-corrected chi connectivity index (χ2v) is 4.64. The summed E-state index contributed by atoms with van der Waals surface area (Å²) in [5.41, 5.74) is 5.33. The maximum absolute atomic E-state index is 11.3. The van der Waals surface area contributed by atoms with Crippen molar-refractivity contribution >= 4 is 21.7 Å². The Balaban J connectivity index is 3.11. The molecule has 0 unspecified atom stereocenters. The van der Waals surface area contributed by atoms with Crippen molar-refractivity contribution in [3.8, 4) is 0 Å². The van der Waals surface area contributed by atoms with Crippen molar-refractivity contribution in [2.75, 3.05) is 5.32 Å². The number of hydrogen-bond acceptors (Lipinski definition) is 4. The third-order valence-electron chi connectivity index (χ3n) is 1.84. The largest absolute Gasteiger partial charge is 0.323 e. The third-order valence-corrected chi connectivity index (χ3v) is 2.75. The Morgan fingerprint density at radius 1 is 1.44 bits per heavy atom. The van der Waals surface area contributed by atoms with E-state index in [1.165, 1.54) is 31.2 Å². The summed E-state index contributed by atoms with van der Waals surface area (Å²) < 4.78 is 30.9. The summed E-state index contributed by atoms with van der Waals surface area (Å²) in [6.45, 7) is 1.46. The van der Waals surface area contributed by atoms with Crippen LogP contribution < -0.4 is 11.1 Å². The molecule has 1 rings (SSSR count). The minimum atomic E-state index is -4.36. The standard InChI is InChI=1S/C9H12N2O4S/c1-6(10)9(12)11-7-4-2-3-5-8(7)16(13,14)15/h2-6H,10H2,1H3,(H,11,12)(H,13,14,15)/t6-/m0/s1. The molecule has 0 aromatic heterocycles. The molecule has 0 aliphatic rings. The predicted molar refractivity (Wildman–Crippen MR) is 58.5 cm³/mol. The van der Waals surface area contributed by atoms with Gasteiger partial charge in [0.05, 0.1) is 11.7 Å². The molecule has 0 heterocycles. The van der Waals surface area contributed by atoms with Crippen LogP contribution in [-0.2, 0) is 14.9 Å². The van der Waals surface area contributed by atoms with E-state index in [9.17, 15) is 13.2 Å². The minimum absolute atomic E-state index is 0.00676. The van der Waals surface area contributed by atoms with Crippen LogP contribution in [0.5, 0.6) is 0 Å². The lowest BCUT2D eigenvalue weighted by Crippen LogP contribution is -2.32. The summed E-state index contributed by atoms with van der Waals surface area (Å²) in [5, 5.41) is 2.31. The highest BCUT2D eigenvalue weighted by Gasteiger charge is 2.17. The molecule has 16 heavy (non-hydrogen) atoms. The Hall–Kier alpha value is -1.44. The first-order valence-electron chi connectivity index (χ1n) is 4.45. The number of carbonyl (C=O) groups excluding carboxylic acids is 1. The van der Waals surface area contributed by atoms with Gasteiger partial charge in [-0.25, -0.2) is 0 Å². The van der Waals surface area contributed by atoms with Gasteiger partial charge in [0, 0.05) is 0 Å². The zero-order valence-corrected chi connectivity index (χ0v) is 9.36. The van der Waals surface area contributed by atoms with Crippen molar-refractivity contribution in [1.82, 2.24) is 0 Å². The van der Waals surface area contributed by atoms with Crippen molar-refractivity contribution in [3.05, 3.63) is 24.3 Å². The highest BCUT2D eigenvalue weighted by molar-refractivity contribution is 7.86. The summed E-state index contributed by atoms with van der Waals surface area (Å²) in [5.74, 6) is -0.531. The Morgan fingerprint density at radius 2 is 2.00 bits per heavy atom. The minimum Gasteiger partial charge on any atom is -0.323 e. The van der Waals surface area contributed by atoms with Crippen LogP contribution >= 0.6 is 0 Å². The average molecular weight is 244 g/mol. The highest BCUT2D eigenvalue weighted by Crippen LogP contribution is 2.20. The summed E-state index contributed by atoms with van der Waals surface area (Å²) in [6.07, 6.45) is 0. The molecule has 1 aromatic rings. The maximum atomic E-state index is 11.3. The second-order valence-electron chi connectivity index (χ2n) is 3.25. The molecule has 7 heteroatoms. The molecule has 0 saturated heterocycles. The van der Waals surface area contributed by atoms with Crippen LogP contribution in [0.2, 0.25) is 0 Å². The first-order chi connectivity index (χ1) is 7.32. The van der Waals surface area contributed by atoms with Gasteiger partial charge in [-0.2, -0.15) is 8.42 Å². The molecule has 0 aliphatic carbocycles. The quantitative estimate of drug-likeness (QED) is 0.659. The van der Waals surface area contributed by atoms with Gasteiger partial charge in [0.15, 0.2) is 0 Å². The van der Waals surface area contributed by atoms with E-state index < -0.39 is 22.1 Å². The Labute approximate surface area is 93.2 Å². The SMILES string of the molecule is C[C@H](N)C(=O)Nc1ccccc1S(=O)(=O)O. The number of anilines is 1.